The maximum atomic E-state index is 11.7. The van der Waals surface area contributed by atoms with Crippen molar-refractivity contribution >= 4 is 11.8 Å². The molecule has 0 amide bonds. The highest BCUT2D eigenvalue weighted by molar-refractivity contribution is 5.95. The summed E-state index contributed by atoms with van der Waals surface area (Å²) < 4.78 is 10.3. The van der Waals surface area contributed by atoms with Crippen molar-refractivity contribution in [1.82, 2.24) is 0 Å². The van der Waals surface area contributed by atoms with Gasteiger partial charge in [0.1, 0.15) is 5.75 Å². The van der Waals surface area contributed by atoms with Crippen molar-refractivity contribution in [3.8, 4) is 5.75 Å². The van der Waals surface area contributed by atoms with Crippen molar-refractivity contribution < 1.29 is 23.8 Å². The third kappa shape index (κ3) is 3.45. The van der Waals surface area contributed by atoms with Crippen LogP contribution in [0.15, 0.2) is 46.9 Å². The van der Waals surface area contributed by atoms with Crippen molar-refractivity contribution in [2.24, 2.45) is 0 Å². The van der Waals surface area contributed by atoms with Gasteiger partial charge in [-0.1, -0.05) is 18.2 Å². The summed E-state index contributed by atoms with van der Waals surface area (Å²) in [6.45, 7) is 0.214. The van der Waals surface area contributed by atoms with Gasteiger partial charge in [-0.3, -0.25) is 4.79 Å². The first-order valence-corrected chi connectivity index (χ1v) is 5.71. The molecule has 0 unspecified atom stereocenters. The van der Waals surface area contributed by atoms with E-state index in [1.54, 1.807) is 12.1 Å². The average molecular weight is 260 g/mol. The number of Topliss-reactive ketones (excluding diaryl/α,β-unsaturated/α-hetero) is 1. The van der Waals surface area contributed by atoms with E-state index in [2.05, 4.69) is 0 Å². The van der Waals surface area contributed by atoms with Crippen LogP contribution in [0.5, 0.6) is 5.75 Å². The molecule has 1 aromatic carbocycles. The summed E-state index contributed by atoms with van der Waals surface area (Å²) in [5.74, 6) is -1.01. The van der Waals surface area contributed by atoms with Crippen LogP contribution in [0.25, 0.3) is 0 Å². The third-order valence-corrected chi connectivity index (χ3v) is 2.43. The van der Waals surface area contributed by atoms with Gasteiger partial charge >= 0.3 is 5.97 Å². The predicted molar refractivity (Wildman–Crippen MR) is 66.6 cm³/mol. The first-order valence-electron chi connectivity index (χ1n) is 5.71. The first kappa shape index (κ1) is 12.9. The second-order valence-corrected chi connectivity index (χ2v) is 3.80. The molecule has 1 heterocycles. The van der Waals surface area contributed by atoms with Crippen LogP contribution in [0, 0.1) is 0 Å². The molecule has 0 atom stereocenters. The Hall–Kier alpha value is -2.56. The van der Waals surface area contributed by atoms with Crippen LogP contribution < -0.4 is 4.74 Å². The molecule has 2 aromatic rings. The fourth-order valence-electron chi connectivity index (χ4n) is 1.50. The molecule has 5 nitrogen and oxygen atoms in total. The Morgan fingerprint density at radius 1 is 1.05 bits per heavy atom. The van der Waals surface area contributed by atoms with Crippen LogP contribution in [0.1, 0.15) is 27.5 Å². The minimum atomic E-state index is -1.19. The molecule has 98 valence electrons. The number of furan rings is 1. The number of rotatable bonds is 6. The van der Waals surface area contributed by atoms with E-state index in [-0.39, 0.29) is 30.3 Å². The van der Waals surface area contributed by atoms with Crippen molar-refractivity contribution in [2.75, 3.05) is 6.61 Å². The van der Waals surface area contributed by atoms with Gasteiger partial charge in [0, 0.05) is 6.42 Å². The topological polar surface area (TPSA) is 76.7 Å². The molecule has 0 aliphatic heterocycles. The molecule has 5 heteroatoms. The minimum Gasteiger partial charge on any atom is -0.493 e. The monoisotopic (exact) mass is 260 g/mol. The number of para-hydroxylation sites is 1. The molecular formula is C14H12O5. The molecule has 0 spiro atoms. The Balaban J connectivity index is 1.85. The van der Waals surface area contributed by atoms with Crippen LogP contribution in [-0.2, 0) is 0 Å². The van der Waals surface area contributed by atoms with Gasteiger partial charge in [0.05, 0.1) is 6.61 Å². The van der Waals surface area contributed by atoms with Gasteiger partial charge in [-0.25, -0.2) is 4.79 Å². The number of ether oxygens (including phenoxy) is 1. The number of carbonyl (C=O) groups is 2. The Morgan fingerprint density at radius 3 is 2.37 bits per heavy atom. The van der Waals surface area contributed by atoms with Crippen LogP contribution in [0.2, 0.25) is 0 Å². The standard InChI is InChI=1S/C14H12O5/c15-11(12-6-7-13(19-12)14(16)17)8-9-18-10-4-2-1-3-5-10/h1-7H,8-9H2,(H,16,17). The lowest BCUT2D eigenvalue weighted by Crippen LogP contribution is -2.06. The zero-order chi connectivity index (χ0) is 13.7. The molecule has 0 saturated carbocycles. The zero-order valence-electron chi connectivity index (χ0n) is 10.0. The van der Waals surface area contributed by atoms with Crippen molar-refractivity contribution in [3.05, 3.63) is 54.0 Å². The fraction of sp³-hybridized carbons (Fsp3) is 0.143. The highest BCUT2D eigenvalue weighted by Crippen LogP contribution is 2.12. The largest absolute Gasteiger partial charge is 0.493 e. The van der Waals surface area contributed by atoms with E-state index >= 15 is 0 Å². The zero-order valence-corrected chi connectivity index (χ0v) is 10.0. The van der Waals surface area contributed by atoms with Crippen LogP contribution in [0.4, 0.5) is 0 Å². The second-order valence-electron chi connectivity index (χ2n) is 3.80. The van der Waals surface area contributed by atoms with Gasteiger partial charge in [0.25, 0.3) is 0 Å². The number of ketones is 1. The number of hydrogen-bond acceptors (Lipinski definition) is 4. The number of benzene rings is 1. The summed E-state index contributed by atoms with van der Waals surface area (Å²) in [5.41, 5.74) is 0. The minimum absolute atomic E-state index is 0.0362. The highest BCUT2D eigenvalue weighted by Gasteiger charge is 2.14. The molecule has 0 saturated heterocycles. The smallest absolute Gasteiger partial charge is 0.371 e. The van der Waals surface area contributed by atoms with Gasteiger partial charge in [0.2, 0.25) is 11.5 Å². The number of carboxylic acids is 1. The Bertz CT molecular complexity index is 571. The fourth-order valence-corrected chi connectivity index (χ4v) is 1.50. The summed E-state index contributed by atoms with van der Waals surface area (Å²) in [6.07, 6.45) is 0.126. The predicted octanol–water partition coefficient (Wildman–Crippen LogP) is 2.63. The lowest BCUT2D eigenvalue weighted by atomic mass is 10.2. The summed E-state index contributed by atoms with van der Waals surface area (Å²) >= 11 is 0. The summed E-state index contributed by atoms with van der Waals surface area (Å²) in [4.78, 5) is 22.3. The molecule has 1 N–H and O–H groups in total. The lowest BCUT2D eigenvalue weighted by Gasteiger charge is -2.03. The molecule has 1 aromatic heterocycles. The molecule has 0 fully saturated rings. The maximum absolute atomic E-state index is 11.7. The van der Waals surface area contributed by atoms with Crippen LogP contribution in [-0.4, -0.2) is 23.5 Å². The summed E-state index contributed by atoms with van der Waals surface area (Å²) in [5, 5.41) is 8.67. The van der Waals surface area contributed by atoms with E-state index in [0.29, 0.717) is 5.75 Å². The van der Waals surface area contributed by atoms with E-state index in [9.17, 15) is 9.59 Å². The van der Waals surface area contributed by atoms with E-state index < -0.39 is 5.97 Å². The van der Waals surface area contributed by atoms with E-state index in [4.69, 9.17) is 14.3 Å². The molecular weight excluding hydrogens is 248 g/mol. The second kappa shape index (κ2) is 5.86. The molecule has 0 aliphatic carbocycles. The maximum Gasteiger partial charge on any atom is 0.371 e. The SMILES string of the molecule is O=C(O)c1ccc(C(=O)CCOc2ccccc2)o1. The molecule has 0 aliphatic rings. The summed E-state index contributed by atoms with van der Waals surface area (Å²) in [7, 11) is 0. The third-order valence-electron chi connectivity index (χ3n) is 2.43. The van der Waals surface area contributed by atoms with Gasteiger partial charge in [-0.05, 0) is 24.3 Å². The summed E-state index contributed by atoms with van der Waals surface area (Å²) in [6, 6.07) is 11.7. The van der Waals surface area contributed by atoms with E-state index in [0.717, 1.165) is 0 Å². The van der Waals surface area contributed by atoms with Crippen LogP contribution >= 0.6 is 0 Å². The lowest BCUT2D eigenvalue weighted by molar-refractivity contribution is 0.0660. The van der Waals surface area contributed by atoms with Gasteiger partial charge < -0.3 is 14.3 Å². The molecule has 0 bridgehead atoms. The molecule has 19 heavy (non-hydrogen) atoms. The number of aromatic carboxylic acids is 1. The Morgan fingerprint density at radius 2 is 1.74 bits per heavy atom. The molecule has 0 radical (unpaired) electrons. The van der Waals surface area contributed by atoms with Crippen molar-refractivity contribution in [1.29, 1.82) is 0 Å². The Kier molecular flexibility index (Phi) is 3.97. The van der Waals surface area contributed by atoms with Crippen molar-refractivity contribution in [2.45, 2.75) is 6.42 Å². The first-order chi connectivity index (χ1) is 9.16. The number of carbonyl (C=O) groups excluding carboxylic acids is 1. The van der Waals surface area contributed by atoms with E-state index in [1.807, 2.05) is 18.2 Å². The Labute approximate surface area is 109 Å². The number of carboxylic acid groups (broad SMARTS) is 1. The number of hydrogen-bond donors (Lipinski definition) is 1. The van der Waals surface area contributed by atoms with E-state index in [1.165, 1.54) is 12.1 Å². The quantitative estimate of drug-likeness (QED) is 0.808. The van der Waals surface area contributed by atoms with Gasteiger partial charge in [-0.15, -0.1) is 0 Å². The van der Waals surface area contributed by atoms with Crippen molar-refractivity contribution in [3.63, 3.8) is 0 Å². The molecule has 2 rings (SSSR count). The average Bonchev–Trinajstić information content (AvgIpc) is 2.89. The van der Waals surface area contributed by atoms with Gasteiger partial charge in [-0.2, -0.15) is 0 Å². The van der Waals surface area contributed by atoms with Crippen LogP contribution in [0.3, 0.4) is 0 Å². The van der Waals surface area contributed by atoms with Gasteiger partial charge in [0.15, 0.2) is 5.76 Å². The normalized spacial score (nSPS) is 10.1. The highest BCUT2D eigenvalue weighted by atomic mass is 16.5.